The summed E-state index contributed by atoms with van der Waals surface area (Å²) in [6.45, 7) is 0.147. The molecule has 2 aromatic rings. The smallest absolute Gasteiger partial charge is 0.348 e. The first-order valence-electron chi connectivity index (χ1n) is 6.82. The monoisotopic (exact) mass is 321 g/mol. The second-order valence-corrected chi connectivity index (χ2v) is 5.09. The van der Waals surface area contributed by atoms with Gasteiger partial charge in [-0.25, -0.2) is 4.39 Å². The van der Waals surface area contributed by atoms with Gasteiger partial charge in [-0.2, -0.15) is 13.2 Å². The molecule has 118 valence electrons. The molecule has 6 heteroatoms. The number of carbonyl (C=O) groups excluding carboxylic acids is 1. The summed E-state index contributed by atoms with van der Waals surface area (Å²) in [4.78, 5) is 12.0. The molecule has 2 nitrogen and oxygen atoms in total. The van der Waals surface area contributed by atoms with Crippen LogP contribution in [0.25, 0.3) is 11.1 Å². The van der Waals surface area contributed by atoms with E-state index < -0.39 is 23.5 Å². The molecule has 0 saturated heterocycles. The minimum absolute atomic E-state index is 0.136. The van der Waals surface area contributed by atoms with Crippen LogP contribution in [-0.4, -0.2) is 12.5 Å². The van der Waals surface area contributed by atoms with E-state index in [1.165, 1.54) is 30.3 Å². The summed E-state index contributed by atoms with van der Waals surface area (Å²) in [5.41, 5.74) is 0.454. The first kappa shape index (κ1) is 15.3. The first-order valence-corrected chi connectivity index (χ1v) is 6.82. The van der Waals surface area contributed by atoms with Gasteiger partial charge in [0, 0.05) is 12.1 Å². The van der Waals surface area contributed by atoms with Crippen molar-refractivity contribution >= 4 is 17.1 Å². The number of nitrogens with one attached hydrogen (secondary N) is 1. The predicted octanol–water partition coefficient (Wildman–Crippen LogP) is 3.89. The fourth-order valence-electron chi connectivity index (χ4n) is 2.54. The van der Waals surface area contributed by atoms with E-state index in [2.05, 4.69) is 5.32 Å². The molecule has 0 atom stereocenters. The Morgan fingerprint density at radius 3 is 2.22 bits per heavy atom. The minimum atomic E-state index is -4.43. The summed E-state index contributed by atoms with van der Waals surface area (Å²) in [5, 5.41) is 2.59. The maximum atomic E-state index is 14.0. The van der Waals surface area contributed by atoms with Crippen LogP contribution in [0.1, 0.15) is 16.7 Å². The highest BCUT2D eigenvalue weighted by atomic mass is 19.4. The van der Waals surface area contributed by atoms with Gasteiger partial charge in [-0.15, -0.1) is 0 Å². The Kier molecular flexibility index (Phi) is 3.67. The molecular weight excluding hydrogens is 310 g/mol. The zero-order valence-corrected chi connectivity index (χ0v) is 11.7. The second kappa shape index (κ2) is 5.53. The van der Waals surface area contributed by atoms with Crippen LogP contribution in [0.15, 0.2) is 48.5 Å². The highest BCUT2D eigenvalue weighted by Crippen LogP contribution is 2.34. The molecular formula is C17H11F4NO. The van der Waals surface area contributed by atoms with Crippen molar-refractivity contribution in [1.29, 1.82) is 0 Å². The van der Waals surface area contributed by atoms with Gasteiger partial charge in [-0.1, -0.05) is 30.3 Å². The summed E-state index contributed by atoms with van der Waals surface area (Å²) >= 11 is 0. The van der Waals surface area contributed by atoms with Crippen molar-refractivity contribution in [3.63, 3.8) is 0 Å². The van der Waals surface area contributed by atoms with Crippen molar-refractivity contribution in [3.05, 3.63) is 71.0 Å². The van der Waals surface area contributed by atoms with Crippen LogP contribution in [0.4, 0.5) is 17.6 Å². The van der Waals surface area contributed by atoms with E-state index in [0.717, 1.165) is 12.1 Å². The maximum Gasteiger partial charge on any atom is 0.416 e. The van der Waals surface area contributed by atoms with E-state index in [1.54, 1.807) is 6.07 Å². The van der Waals surface area contributed by atoms with Crippen molar-refractivity contribution in [2.75, 3.05) is 6.54 Å². The third-order valence-electron chi connectivity index (χ3n) is 3.66. The van der Waals surface area contributed by atoms with Gasteiger partial charge in [0.2, 0.25) is 0 Å². The molecule has 23 heavy (non-hydrogen) atoms. The topological polar surface area (TPSA) is 29.1 Å². The molecule has 0 bridgehead atoms. The molecule has 0 aromatic heterocycles. The third-order valence-corrected chi connectivity index (χ3v) is 3.66. The van der Waals surface area contributed by atoms with Crippen molar-refractivity contribution in [1.82, 2.24) is 5.32 Å². The molecule has 1 heterocycles. The Balaban J connectivity index is 2.09. The highest BCUT2D eigenvalue weighted by molar-refractivity contribution is 6.30. The Labute approximate surface area is 129 Å². The average molecular weight is 321 g/mol. The predicted molar refractivity (Wildman–Crippen MR) is 77.7 cm³/mol. The van der Waals surface area contributed by atoms with Gasteiger partial charge in [-0.3, -0.25) is 4.79 Å². The largest absolute Gasteiger partial charge is 0.416 e. The SMILES string of the molecule is O=C1NCC(c2ccc(C(F)(F)F)cc2)=C1c1ccccc1F. The second-order valence-electron chi connectivity index (χ2n) is 5.09. The number of rotatable bonds is 2. The van der Waals surface area contributed by atoms with Crippen molar-refractivity contribution in [2.45, 2.75) is 6.18 Å². The summed E-state index contributed by atoms with van der Waals surface area (Å²) < 4.78 is 51.8. The maximum absolute atomic E-state index is 14.0. The summed E-state index contributed by atoms with van der Waals surface area (Å²) in [6, 6.07) is 10.3. The van der Waals surface area contributed by atoms with Gasteiger partial charge in [0.1, 0.15) is 5.82 Å². The van der Waals surface area contributed by atoms with Crippen LogP contribution in [0, 0.1) is 5.82 Å². The lowest BCUT2D eigenvalue weighted by Crippen LogP contribution is -2.17. The van der Waals surface area contributed by atoms with Crippen molar-refractivity contribution < 1.29 is 22.4 Å². The Morgan fingerprint density at radius 2 is 1.61 bits per heavy atom. The van der Waals surface area contributed by atoms with Crippen LogP contribution >= 0.6 is 0 Å². The highest BCUT2D eigenvalue weighted by Gasteiger charge is 2.31. The molecule has 0 radical (unpaired) electrons. The summed E-state index contributed by atoms with van der Waals surface area (Å²) in [5.74, 6) is -0.992. The average Bonchev–Trinajstić information content (AvgIpc) is 2.89. The van der Waals surface area contributed by atoms with E-state index in [0.29, 0.717) is 11.1 Å². The zero-order chi connectivity index (χ0) is 16.6. The molecule has 1 amide bonds. The van der Waals surface area contributed by atoms with Crippen molar-refractivity contribution in [3.8, 4) is 0 Å². The van der Waals surface area contributed by atoms with Crippen LogP contribution in [-0.2, 0) is 11.0 Å². The van der Waals surface area contributed by atoms with E-state index in [1.807, 2.05) is 0 Å². The molecule has 0 saturated carbocycles. The Bertz CT molecular complexity index is 791. The van der Waals surface area contributed by atoms with Gasteiger partial charge in [0.05, 0.1) is 11.1 Å². The standard InChI is InChI=1S/C17H11F4NO/c18-14-4-2-1-3-12(14)15-13(9-22-16(15)23)10-5-7-11(8-6-10)17(19,20)21/h1-8H,9H2,(H,22,23). The van der Waals surface area contributed by atoms with Crippen LogP contribution in [0.2, 0.25) is 0 Å². The number of hydrogen-bond donors (Lipinski definition) is 1. The normalized spacial score (nSPS) is 15.0. The van der Waals surface area contributed by atoms with Crippen LogP contribution < -0.4 is 5.32 Å². The minimum Gasteiger partial charge on any atom is -0.348 e. The molecule has 0 fully saturated rings. The molecule has 1 aliphatic heterocycles. The summed E-state index contributed by atoms with van der Waals surface area (Å²) in [6.07, 6.45) is -4.43. The quantitative estimate of drug-likeness (QED) is 0.836. The van der Waals surface area contributed by atoms with E-state index >= 15 is 0 Å². The molecule has 1 N–H and O–H groups in total. The number of amides is 1. The number of halogens is 4. The van der Waals surface area contributed by atoms with Crippen molar-refractivity contribution in [2.24, 2.45) is 0 Å². The fourth-order valence-corrected chi connectivity index (χ4v) is 2.54. The van der Waals surface area contributed by atoms with Crippen LogP contribution in [0.3, 0.4) is 0 Å². The lowest BCUT2D eigenvalue weighted by molar-refractivity contribution is -0.137. The van der Waals surface area contributed by atoms with Crippen LogP contribution in [0.5, 0.6) is 0 Å². The lowest BCUT2D eigenvalue weighted by atomic mass is 9.95. The first-order chi connectivity index (χ1) is 10.9. The number of benzene rings is 2. The van der Waals surface area contributed by atoms with Gasteiger partial charge >= 0.3 is 6.18 Å². The number of carbonyl (C=O) groups is 1. The molecule has 2 aromatic carbocycles. The zero-order valence-electron chi connectivity index (χ0n) is 11.7. The molecule has 0 aliphatic carbocycles. The van der Waals surface area contributed by atoms with Gasteiger partial charge < -0.3 is 5.32 Å². The van der Waals surface area contributed by atoms with E-state index in [9.17, 15) is 22.4 Å². The Hall–Kier alpha value is -2.63. The third kappa shape index (κ3) is 2.84. The molecule has 0 spiro atoms. The van der Waals surface area contributed by atoms with E-state index in [-0.39, 0.29) is 17.7 Å². The number of alkyl halides is 3. The molecule has 0 unspecified atom stereocenters. The molecule has 3 rings (SSSR count). The Morgan fingerprint density at radius 1 is 0.957 bits per heavy atom. The number of hydrogen-bond acceptors (Lipinski definition) is 1. The summed E-state index contributed by atoms with van der Waals surface area (Å²) in [7, 11) is 0. The van der Waals surface area contributed by atoms with Gasteiger partial charge in [0.15, 0.2) is 0 Å². The molecule has 1 aliphatic rings. The van der Waals surface area contributed by atoms with Gasteiger partial charge in [-0.05, 0) is 29.3 Å². The fraction of sp³-hybridized carbons (Fsp3) is 0.118. The lowest BCUT2D eigenvalue weighted by Gasteiger charge is -2.09. The van der Waals surface area contributed by atoms with E-state index in [4.69, 9.17) is 0 Å². The van der Waals surface area contributed by atoms with Gasteiger partial charge in [0.25, 0.3) is 5.91 Å².